The maximum atomic E-state index is 11.9. The second-order valence-electron chi connectivity index (χ2n) is 5.24. The van der Waals surface area contributed by atoms with E-state index in [1.807, 2.05) is 30.3 Å². The third-order valence-electron chi connectivity index (χ3n) is 3.44. The minimum Gasteiger partial charge on any atom is -0.504 e. The van der Waals surface area contributed by atoms with E-state index in [2.05, 4.69) is 15.8 Å². The highest BCUT2D eigenvalue weighted by atomic mass is 16.5. The van der Waals surface area contributed by atoms with Gasteiger partial charge in [-0.15, -0.1) is 0 Å². The van der Waals surface area contributed by atoms with E-state index in [-0.39, 0.29) is 17.5 Å². The summed E-state index contributed by atoms with van der Waals surface area (Å²) in [6.45, 7) is 1.78. The lowest BCUT2D eigenvalue weighted by atomic mass is 10.1. The summed E-state index contributed by atoms with van der Waals surface area (Å²) in [4.78, 5) is 23.6. The second kappa shape index (κ2) is 8.49. The molecule has 0 radical (unpaired) electrons. The number of hydrogen-bond acceptors (Lipinski definition) is 5. The topological polar surface area (TPSA) is 100 Å². The third kappa shape index (κ3) is 5.07. The lowest BCUT2D eigenvalue weighted by Gasteiger charge is -2.13. The molecule has 130 valence electrons. The molecule has 7 heteroatoms. The largest absolute Gasteiger partial charge is 0.504 e. The van der Waals surface area contributed by atoms with Crippen LogP contribution in [0.15, 0.2) is 53.6 Å². The summed E-state index contributed by atoms with van der Waals surface area (Å²) < 4.78 is 4.97. The summed E-state index contributed by atoms with van der Waals surface area (Å²) in [5.74, 6) is -1.37. The van der Waals surface area contributed by atoms with Crippen LogP contribution in [0.3, 0.4) is 0 Å². The molecule has 0 aliphatic carbocycles. The first-order valence-electron chi connectivity index (χ1n) is 7.57. The predicted octanol–water partition coefficient (Wildman–Crippen LogP) is 1.73. The van der Waals surface area contributed by atoms with Crippen molar-refractivity contribution in [1.29, 1.82) is 0 Å². The monoisotopic (exact) mass is 341 g/mol. The molecule has 2 aromatic carbocycles. The first-order valence-corrected chi connectivity index (χ1v) is 7.57. The second-order valence-corrected chi connectivity index (χ2v) is 5.24. The van der Waals surface area contributed by atoms with E-state index >= 15 is 0 Å². The van der Waals surface area contributed by atoms with Crippen LogP contribution in [0, 0.1) is 0 Å². The number of carbonyl (C=O) groups is 2. The number of carbonyl (C=O) groups excluding carboxylic acids is 2. The molecule has 0 aliphatic heterocycles. The van der Waals surface area contributed by atoms with Crippen molar-refractivity contribution in [1.82, 2.24) is 10.7 Å². The Morgan fingerprint density at radius 1 is 1.16 bits per heavy atom. The summed E-state index contributed by atoms with van der Waals surface area (Å²) >= 11 is 0. The van der Waals surface area contributed by atoms with Crippen LogP contribution in [0.25, 0.3) is 0 Å². The molecule has 0 fully saturated rings. The average molecular weight is 341 g/mol. The number of rotatable bonds is 5. The Bertz CT molecular complexity index is 775. The van der Waals surface area contributed by atoms with Crippen LogP contribution in [-0.2, 0) is 9.59 Å². The van der Waals surface area contributed by atoms with Gasteiger partial charge in [-0.1, -0.05) is 30.3 Å². The van der Waals surface area contributed by atoms with Gasteiger partial charge in [0.25, 0.3) is 0 Å². The quantitative estimate of drug-likeness (QED) is 0.438. The molecule has 1 atom stereocenters. The first-order chi connectivity index (χ1) is 12.0. The Hall–Kier alpha value is -3.35. The van der Waals surface area contributed by atoms with Crippen LogP contribution in [0.1, 0.15) is 24.1 Å². The zero-order chi connectivity index (χ0) is 18.2. The highest BCUT2D eigenvalue weighted by Gasteiger charge is 2.16. The lowest BCUT2D eigenvalue weighted by molar-refractivity contribution is -0.139. The molecule has 0 spiro atoms. The van der Waals surface area contributed by atoms with Gasteiger partial charge >= 0.3 is 11.8 Å². The molecular weight excluding hydrogens is 322 g/mol. The normalized spacial score (nSPS) is 11.8. The molecule has 0 unspecified atom stereocenters. The fourth-order valence-corrected chi connectivity index (χ4v) is 2.08. The Balaban J connectivity index is 1.90. The van der Waals surface area contributed by atoms with E-state index in [0.29, 0.717) is 5.56 Å². The zero-order valence-electron chi connectivity index (χ0n) is 13.9. The van der Waals surface area contributed by atoms with E-state index in [1.54, 1.807) is 19.1 Å². The van der Waals surface area contributed by atoms with E-state index < -0.39 is 11.8 Å². The number of ether oxygens (including phenoxy) is 1. The molecule has 0 saturated heterocycles. The van der Waals surface area contributed by atoms with Crippen molar-refractivity contribution in [3.05, 3.63) is 59.7 Å². The smallest absolute Gasteiger partial charge is 0.329 e. The van der Waals surface area contributed by atoms with Crippen molar-refractivity contribution in [2.24, 2.45) is 5.10 Å². The highest BCUT2D eigenvalue weighted by Crippen LogP contribution is 2.25. The number of hydrogen-bond donors (Lipinski definition) is 3. The molecule has 0 aliphatic rings. The molecule has 3 N–H and O–H groups in total. The van der Waals surface area contributed by atoms with Crippen molar-refractivity contribution < 1.29 is 19.4 Å². The average Bonchev–Trinajstić information content (AvgIpc) is 2.63. The summed E-state index contributed by atoms with van der Waals surface area (Å²) in [7, 11) is 1.43. The van der Waals surface area contributed by atoms with Gasteiger partial charge in [0.1, 0.15) is 0 Å². The number of benzene rings is 2. The van der Waals surface area contributed by atoms with Gasteiger partial charge in [-0.3, -0.25) is 9.59 Å². The van der Waals surface area contributed by atoms with Gasteiger partial charge in [0, 0.05) is 0 Å². The summed E-state index contributed by atoms with van der Waals surface area (Å²) in [6.07, 6.45) is 1.34. The highest BCUT2D eigenvalue weighted by molar-refractivity contribution is 6.35. The van der Waals surface area contributed by atoms with Crippen LogP contribution >= 0.6 is 0 Å². The number of phenolic OH excluding ortho intramolecular Hbond substituents is 1. The number of nitrogens with one attached hydrogen (secondary N) is 2. The Morgan fingerprint density at radius 3 is 2.56 bits per heavy atom. The molecule has 25 heavy (non-hydrogen) atoms. The van der Waals surface area contributed by atoms with E-state index in [0.717, 1.165) is 5.56 Å². The lowest BCUT2D eigenvalue weighted by Crippen LogP contribution is -2.39. The summed E-state index contributed by atoms with van der Waals surface area (Å²) in [6, 6.07) is 13.6. The predicted molar refractivity (Wildman–Crippen MR) is 93.4 cm³/mol. The van der Waals surface area contributed by atoms with Crippen LogP contribution < -0.4 is 15.5 Å². The van der Waals surface area contributed by atoms with Crippen LogP contribution in [-0.4, -0.2) is 30.2 Å². The molecule has 2 amide bonds. The SMILES string of the molecule is COc1cc(/C=N\NC(=O)C(=O)N[C@H](C)c2ccccc2)ccc1O. The number of phenols is 1. The van der Waals surface area contributed by atoms with Crippen LogP contribution in [0.5, 0.6) is 11.5 Å². The zero-order valence-corrected chi connectivity index (χ0v) is 13.9. The van der Waals surface area contributed by atoms with E-state index in [9.17, 15) is 14.7 Å². The molecule has 0 heterocycles. The molecule has 0 bridgehead atoms. The van der Waals surface area contributed by atoms with Crippen molar-refractivity contribution in [2.45, 2.75) is 13.0 Å². The van der Waals surface area contributed by atoms with Crippen molar-refractivity contribution >= 4 is 18.0 Å². The van der Waals surface area contributed by atoms with Gasteiger partial charge in [-0.25, -0.2) is 5.43 Å². The minimum absolute atomic E-state index is 0.00189. The number of hydrazone groups is 1. The minimum atomic E-state index is -0.871. The van der Waals surface area contributed by atoms with Gasteiger partial charge < -0.3 is 15.2 Å². The molecule has 0 aromatic heterocycles. The van der Waals surface area contributed by atoms with Gasteiger partial charge in [-0.2, -0.15) is 5.10 Å². The van der Waals surface area contributed by atoms with Gasteiger partial charge in [0.2, 0.25) is 0 Å². The molecule has 7 nitrogen and oxygen atoms in total. The van der Waals surface area contributed by atoms with Gasteiger partial charge in [-0.05, 0) is 36.2 Å². The van der Waals surface area contributed by atoms with E-state index in [1.165, 1.54) is 19.4 Å². The molecule has 0 saturated carbocycles. The van der Waals surface area contributed by atoms with Crippen LogP contribution in [0.2, 0.25) is 0 Å². The maximum absolute atomic E-state index is 11.9. The third-order valence-corrected chi connectivity index (χ3v) is 3.44. The maximum Gasteiger partial charge on any atom is 0.329 e. The van der Waals surface area contributed by atoms with Crippen molar-refractivity contribution in [3.8, 4) is 11.5 Å². The molecule has 2 rings (SSSR count). The summed E-state index contributed by atoms with van der Waals surface area (Å²) in [5, 5.41) is 15.8. The first kappa shape index (κ1) is 18.0. The Morgan fingerprint density at radius 2 is 1.88 bits per heavy atom. The molecule has 2 aromatic rings. The number of methoxy groups -OCH3 is 1. The van der Waals surface area contributed by atoms with Gasteiger partial charge in [0.05, 0.1) is 19.4 Å². The number of nitrogens with zero attached hydrogens (tertiary/aromatic N) is 1. The Labute approximate surface area is 145 Å². The molecular formula is C18H19N3O4. The van der Waals surface area contributed by atoms with Crippen molar-refractivity contribution in [2.75, 3.05) is 7.11 Å². The fraction of sp³-hybridized carbons (Fsp3) is 0.167. The number of amides is 2. The van der Waals surface area contributed by atoms with Crippen molar-refractivity contribution in [3.63, 3.8) is 0 Å². The fourth-order valence-electron chi connectivity index (χ4n) is 2.08. The van der Waals surface area contributed by atoms with E-state index in [4.69, 9.17) is 4.74 Å². The Kier molecular flexibility index (Phi) is 6.11. The van der Waals surface area contributed by atoms with Crippen LogP contribution in [0.4, 0.5) is 0 Å². The standard InChI is InChI=1S/C18H19N3O4/c1-12(14-6-4-3-5-7-14)20-17(23)18(24)21-19-11-13-8-9-15(22)16(10-13)25-2/h3-12,22H,1-2H3,(H,20,23)(H,21,24)/b19-11-/t12-/m1/s1. The summed E-state index contributed by atoms with van der Waals surface area (Å²) in [5.41, 5.74) is 3.64. The number of aromatic hydroxyl groups is 1. The van der Waals surface area contributed by atoms with Gasteiger partial charge in [0.15, 0.2) is 11.5 Å².